The van der Waals surface area contributed by atoms with Crippen LogP contribution in [0.1, 0.15) is 34.9 Å². The van der Waals surface area contributed by atoms with E-state index in [9.17, 15) is 4.79 Å². The van der Waals surface area contributed by atoms with Crippen molar-refractivity contribution in [3.05, 3.63) is 59.9 Å². The molecular formula is C17H20N2O. The molecule has 104 valence electrons. The number of nitrogens with zero attached hydrogens (tertiary/aromatic N) is 1. The van der Waals surface area contributed by atoms with E-state index < -0.39 is 0 Å². The molecule has 2 aromatic rings. The zero-order valence-corrected chi connectivity index (χ0v) is 11.6. The van der Waals surface area contributed by atoms with E-state index >= 15 is 0 Å². The molecule has 1 saturated heterocycles. The first kappa shape index (κ1) is 13.1. The maximum atomic E-state index is 12.5. The van der Waals surface area contributed by atoms with E-state index in [1.54, 1.807) is 0 Å². The van der Waals surface area contributed by atoms with Gasteiger partial charge in [-0.3, -0.25) is 4.79 Å². The standard InChI is InChI=1S/C17H20N2O/c20-17(13-14-5-2-1-3-6-14)16-7-4-12-19(16)15-8-10-18-11-9-15/h1-7,12,15,18H,8-11,13H2. The van der Waals surface area contributed by atoms with Crippen molar-refractivity contribution in [2.75, 3.05) is 13.1 Å². The summed E-state index contributed by atoms with van der Waals surface area (Å²) in [7, 11) is 0. The Hall–Kier alpha value is -1.87. The molecule has 0 atom stereocenters. The fourth-order valence-electron chi connectivity index (χ4n) is 2.91. The van der Waals surface area contributed by atoms with E-state index in [-0.39, 0.29) is 5.78 Å². The first-order valence-electron chi connectivity index (χ1n) is 7.29. The molecule has 1 aliphatic rings. The maximum Gasteiger partial charge on any atom is 0.183 e. The molecule has 0 aliphatic carbocycles. The number of hydrogen-bond acceptors (Lipinski definition) is 2. The van der Waals surface area contributed by atoms with Crippen molar-refractivity contribution in [1.29, 1.82) is 0 Å². The highest BCUT2D eigenvalue weighted by Crippen LogP contribution is 2.22. The van der Waals surface area contributed by atoms with Crippen LogP contribution in [0.5, 0.6) is 0 Å². The highest BCUT2D eigenvalue weighted by molar-refractivity contribution is 5.96. The Labute approximate surface area is 119 Å². The smallest absolute Gasteiger partial charge is 0.183 e. The van der Waals surface area contributed by atoms with Gasteiger partial charge in [-0.15, -0.1) is 0 Å². The molecule has 0 unspecified atom stereocenters. The lowest BCUT2D eigenvalue weighted by Gasteiger charge is -2.25. The Morgan fingerprint density at radius 3 is 2.60 bits per heavy atom. The summed E-state index contributed by atoms with van der Waals surface area (Å²) >= 11 is 0. The van der Waals surface area contributed by atoms with Crippen LogP contribution in [0.25, 0.3) is 0 Å². The number of piperidine rings is 1. The quantitative estimate of drug-likeness (QED) is 0.865. The third kappa shape index (κ3) is 2.83. The Morgan fingerprint density at radius 1 is 1.10 bits per heavy atom. The van der Waals surface area contributed by atoms with Crippen LogP contribution < -0.4 is 5.32 Å². The van der Waals surface area contributed by atoms with Gasteiger partial charge in [0.1, 0.15) is 0 Å². The second-order valence-electron chi connectivity index (χ2n) is 5.37. The maximum absolute atomic E-state index is 12.5. The summed E-state index contributed by atoms with van der Waals surface area (Å²) in [6.07, 6.45) is 4.73. The molecule has 20 heavy (non-hydrogen) atoms. The van der Waals surface area contributed by atoms with Crippen molar-refractivity contribution in [3.8, 4) is 0 Å². The zero-order chi connectivity index (χ0) is 13.8. The Bertz CT molecular complexity index is 568. The van der Waals surface area contributed by atoms with E-state index in [0.29, 0.717) is 12.5 Å². The van der Waals surface area contributed by atoms with Crippen LogP contribution >= 0.6 is 0 Å². The van der Waals surface area contributed by atoms with Crippen molar-refractivity contribution in [2.24, 2.45) is 0 Å². The Morgan fingerprint density at radius 2 is 1.85 bits per heavy atom. The van der Waals surface area contributed by atoms with E-state index in [1.807, 2.05) is 48.7 Å². The fraction of sp³-hybridized carbons (Fsp3) is 0.353. The Balaban J connectivity index is 1.77. The van der Waals surface area contributed by atoms with Crippen LogP contribution in [-0.4, -0.2) is 23.4 Å². The van der Waals surface area contributed by atoms with E-state index in [1.165, 1.54) is 0 Å². The minimum atomic E-state index is 0.208. The number of carbonyl (C=O) groups excluding carboxylic acids is 1. The van der Waals surface area contributed by atoms with E-state index in [2.05, 4.69) is 9.88 Å². The number of carbonyl (C=O) groups is 1. The van der Waals surface area contributed by atoms with Gasteiger partial charge in [-0.1, -0.05) is 30.3 Å². The Kier molecular flexibility index (Phi) is 3.97. The lowest BCUT2D eigenvalue weighted by atomic mass is 10.0. The molecular weight excluding hydrogens is 248 g/mol. The van der Waals surface area contributed by atoms with Gasteiger partial charge < -0.3 is 9.88 Å². The summed E-state index contributed by atoms with van der Waals surface area (Å²) in [5.41, 5.74) is 1.93. The van der Waals surface area contributed by atoms with Gasteiger partial charge >= 0.3 is 0 Å². The summed E-state index contributed by atoms with van der Waals surface area (Å²) in [4.78, 5) is 12.5. The molecule has 3 nitrogen and oxygen atoms in total. The van der Waals surface area contributed by atoms with Gasteiger partial charge in [0, 0.05) is 18.7 Å². The highest BCUT2D eigenvalue weighted by Gasteiger charge is 2.19. The molecule has 1 aliphatic heterocycles. The third-order valence-corrected chi connectivity index (χ3v) is 3.97. The van der Waals surface area contributed by atoms with Gasteiger partial charge in [0.25, 0.3) is 0 Å². The van der Waals surface area contributed by atoms with Gasteiger partial charge in [0.2, 0.25) is 0 Å². The van der Waals surface area contributed by atoms with Gasteiger partial charge in [-0.2, -0.15) is 0 Å². The predicted molar refractivity (Wildman–Crippen MR) is 80.0 cm³/mol. The van der Waals surface area contributed by atoms with Crippen LogP contribution in [0.15, 0.2) is 48.7 Å². The number of benzene rings is 1. The molecule has 1 N–H and O–H groups in total. The molecule has 3 heteroatoms. The lowest BCUT2D eigenvalue weighted by Crippen LogP contribution is -2.30. The fourth-order valence-corrected chi connectivity index (χ4v) is 2.91. The summed E-state index contributed by atoms with van der Waals surface area (Å²) in [5, 5.41) is 3.37. The lowest BCUT2D eigenvalue weighted by molar-refractivity contribution is 0.0980. The van der Waals surface area contributed by atoms with Crippen molar-refractivity contribution in [2.45, 2.75) is 25.3 Å². The van der Waals surface area contributed by atoms with Crippen molar-refractivity contribution in [3.63, 3.8) is 0 Å². The molecule has 0 saturated carbocycles. The molecule has 1 aromatic carbocycles. The highest BCUT2D eigenvalue weighted by atomic mass is 16.1. The largest absolute Gasteiger partial charge is 0.342 e. The second-order valence-corrected chi connectivity index (χ2v) is 5.37. The second kappa shape index (κ2) is 6.06. The number of aromatic nitrogens is 1. The molecule has 1 aromatic heterocycles. The number of nitrogens with one attached hydrogen (secondary N) is 1. The van der Waals surface area contributed by atoms with Gasteiger partial charge in [0.05, 0.1) is 5.69 Å². The molecule has 0 bridgehead atoms. The molecule has 0 amide bonds. The van der Waals surface area contributed by atoms with Crippen molar-refractivity contribution in [1.82, 2.24) is 9.88 Å². The monoisotopic (exact) mass is 268 g/mol. The van der Waals surface area contributed by atoms with Crippen molar-refractivity contribution >= 4 is 5.78 Å². The summed E-state index contributed by atoms with van der Waals surface area (Å²) in [6, 6.07) is 14.4. The SMILES string of the molecule is O=C(Cc1ccccc1)c1cccn1C1CCNCC1. The van der Waals surface area contributed by atoms with E-state index in [4.69, 9.17) is 0 Å². The molecule has 0 radical (unpaired) electrons. The molecule has 1 fully saturated rings. The summed E-state index contributed by atoms with van der Waals surface area (Å²) in [6.45, 7) is 2.07. The van der Waals surface area contributed by atoms with Crippen LogP contribution in [-0.2, 0) is 6.42 Å². The van der Waals surface area contributed by atoms with Gasteiger partial charge in [-0.05, 0) is 43.6 Å². The van der Waals surface area contributed by atoms with Gasteiger partial charge in [-0.25, -0.2) is 0 Å². The first-order valence-corrected chi connectivity index (χ1v) is 7.29. The summed E-state index contributed by atoms with van der Waals surface area (Å²) in [5.74, 6) is 0.208. The molecule has 0 spiro atoms. The number of ketones is 1. The topological polar surface area (TPSA) is 34.0 Å². The number of Topliss-reactive ketones (excluding diaryl/α,β-unsaturated/α-hetero) is 1. The average Bonchev–Trinajstić information content (AvgIpc) is 2.99. The third-order valence-electron chi connectivity index (χ3n) is 3.97. The normalized spacial score (nSPS) is 16.2. The minimum Gasteiger partial charge on any atom is -0.342 e. The van der Waals surface area contributed by atoms with Crippen molar-refractivity contribution < 1.29 is 4.79 Å². The summed E-state index contributed by atoms with van der Waals surface area (Å²) < 4.78 is 2.17. The number of hydrogen-bond donors (Lipinski definition) is 1. The minimum absolute atomic E-state index is 0.208. The molecule has 3 rings (SSSR count). The van der Waals surface area contributed by atoms with Gasteiger partial charge in [0.15, 0.2) is 5.78 Å². The van der Waals surface area contributed by atoms with Crippen LogP contribution in [0.4, 0.5) is 0 Å². The van der Waals surface area contributed by atoms with Crippen LogP contribution in [0, 0.1) is 0 Å². The first-order chi connectivity index (χ1) is 9.84. The average molecular weight is 268 g/mol. The van der Waals surface area contributed by atoms with Crippen LogP contribution in [0.2, 0.25) is 0 Å². The zero-order valence-electron chi connectivity index (χ0n) is 11.6. The van der Waals surface area contributed by atoms with E-state index in [0.717, 1.165) is 37.2 Å². The molecule has 2 heterocycles. The predicted octanol–water partition coefficient (Wildman–Crippen LogP) is 2.84. The number of rotatable bonds is 4. The van der Waals surface area contributed by atoms with Crippen LogP contribution in [0.3, 0.4) is 0 Å².